The first-order valence-electron chi connectivity index (χ1n) is 7.10. The fourth-order valence-electron chi connectivity index (χ4n) is 2.23. The van der Waals surface area contributed by atoms with Crippen LogP contribution in [0.2, 0.25) is 0 Å². The molecule has 0 aliphatic heterocycles. The SMILES string of the molecule is CCn1c([C@@H](C)NC(=O)C(C)(C)C)nc2ccccc21. The highest BCUT2D eigenvalue weighted by atomic mass is 16.2. The first-order valence-corrected chi connectivity index (χ1v) is 7.10. The van der Waals surface area contributed by atoms with E-state index < -0.39 is 5.41 Å². The van der Waals surface area contributed by atoms with Gasteiger partial charge in [0.05, 0.1) is 17.1 Å². The summed E-state index contributed by atoms with van der Waals surface area (Å²) < 4.78 is 2.16. The van der Waals surface area contributed by atoms with Crippen molar-refractivity contribution in [3.05, 3.63) is 30.1 Å². The van der Waals surface area contributed by atoms with E-state index in [0.717, 1.165) is 23.4 Å². The summed E-state index contributed by atoms with van der Waals surface area (Å²) >= 11 is 0. The van der Waals surface area contributed by atoms with Crippen LogP contribution in [-0.4, -0.2) is 15.5 Å². The quantitative estimate of drug-likeness (QED) is 0.933. The lowest BCUT2D eigenvalue weighted by Crippen LogP contribution is -2.37. The maximum atomic E-state index is 12.1. The van der Waals surface area contributed by atoms with Crippen molar-refractivity contribution < 1.29 is 4.79 Å². The second kappa shape index (κ2) is 5.27. The van der Waals surface area contributed by atoms with Crippen molar-refractivity contribution in [2.45, 2.75) is 47.2 Å². The molecule has 1 aromatic heterocycles. The second-order valence-electron chi connectivity index (χ2n) is 6.15. The minimum atomic E-state index is -0.392. The van der Waals surface area contributed by atoms with Gasteiger partial charge in [-0.15, -0.1) is 0 Å². The molecule has 0 radical (unpaired) electrons. The number of nitrogens with zero attached hydrogens (tertiary/aromatic N) is 2. The van der Waals surface area contributed by atoms with Gasteiger partial charge in [0.1, 0.15) is 5.82 Å². The van der Waals surface area contributed by atoms with Crippen LogP contribution < -0.4 is 5.32 Å². The predicted octanol–water partition coefficient (Wildman–Crippen LogP) is 3.28. The average molecular weight is 273 g/mol. The van der Waals surface area contributed by atoms with E-state index in [1.54, 1.807) is 0 Å². The summed E-state index contributed by atoms with van der Waals surface area (Å²) in [7, 11) is 0. The Kier molecular flexibility index (Phi) is 3.84. The molecule has 20 heavy (non-hydrogen) atoms. The minimum Gasteiger partial charge on any atom is -0.346 e. The van der Waals surface area contributed by atoms with E-state index in [4.69, 9.17) is 0 Å². The number of carbonyl (C=O) groups is 1. The van der Waals surface area contributed by atoms with Gasteiger partial charge in [0.15, 0.2) is 0 Å². The molecule has 1 amide bonds. The molecule has 4 heteroatoms. The lowest BCUT2D eigenvalue weighted by molar-refractivity contribution is -0.129. The topological polar surface area (TPSA) is 46.9 Å². The molecule has 2 aromatic rings. The van der Waals surface area contributed by atoms with Crippen LogP contribution in [0.4, 0.5) is 0 Å². The Bertz CT molecular complexity index is 622. The van der Waals surface area contributed by atoms with E-state index in [-0.39, 0.29) is 11.9 Å². The van der Waals surface area contributed by atoms with Gasteiger partial charge >= 0.3 is 0 Å². The van der Waals surface area contributed by atoms with Gasteiger partial charge < -0.3 is 9.88 Å². The van der Waals surface area contributed by atoms with Gasteiger partial charge in [0, 0.05) is 12.0 Å². The zero-order chi connectivity index (χ0) is 14.9. The lowest BCUT2D eigenvalue weighted by atomic mass is 9.95. The smallest absolute Gasteiger partial charge is 0.225 e. The van der Waals surface area contributed by atoms with Crippen LogP contribution in [-0.2, 0) is 11.3 Å². The molecule has 1 N–H and O–H groups in total. The Morgan fingerprint density at radius 1 is 1.35 bits per heavy atom. The van der Waals surface area contributed by atoms with E-state index in [9.17, 15) is 4.79 Å². The van der Waals surface area contributed by atoms with Crippen LogP contribution in [0, 0.1) is 5.41 Å². The van der Waals surface area contributed by atoms with Crippen LogP contribution in [0.15, 0.2) is 24.3 Å². The Hall–Kier alpha value is -1.84. The van der Waals surface area contributed by atoms with Crippen LogP contribution in [0.3, 0.4) is 0 Å². The number of aryl methyl sites for hydroxylation is 1. The van der Waals surface area contributed by atoms with Crippen molar-refractivity contribution in [1.82, 2.24) is 14.9 Å². The fraction of sp³-hybridized carbons (Fsp3) is 0.500. The molecule has 0 unspecified atom stereocenters. The monoisotopic (exact) mass is 273 g/mol. The third-order valence-corrected chi connectivity index (χ3v) is 3.42. The van der Waals surface area contributed by atoms with Crippen molar-refractivity contribution in [3.8, 4) is 0 Å². The molecule has 2 rings (SSSR count). The zero-order valence-electron chi connectivity index (χ0n) is 12.9. The number of rotatable bonds is 3. The molecule has 1 aromatic carbocycles. The zero-order valence-corrected chi connectivity index (χ0v) is 12.9. The summed E-state index contributed by atoms with van der Waals surface area (Å²) in [6.45, 7) is 10.7. The van der Waals surface area contributed by atoms with E-state index >= 15 is 0 Å². The van der Waals surface area contributed by atoms with Crippen molar-refractivity contribution in [2.75, 3.05) is 0 Å². The van der Waals surface area contributed by atoms with E-state index in [1.807, 2.05) is 45.9 Å². The minimum absolute atomic E-state index is 0.0414. The predicted molar refractivity (Wildman–Crippen MR) is 81.4 cm³/mol. The number of imidazole rings is 1. The van der Waals surface area contributed by atoms with Gasteiger partial charge in [-0.25, -0.2) is 4.98 Å². The average Bonchev–Trinajstić information content (AvgIpc) is 2.75. The summed E-state index contributed by atoms with van der Waals surface area (Å²) in [6.07, 6.45) is 0. The summed E-state index contributed by atoms with van der Waals surface area (Å²) in [4.78, 5) is 16.8. The van der Waals surface area contributed by atoms with Gasteiger partial charge in [-0.3, -0.25) is 4.79 Å². The molecule has 0 aliphatic carbocycles. The number of hydrogen-bond donors (Lipinski definition) is 1. The Balaban J connectivity index is 2.35. The van der Waals surface area contributed by atoms with Gasteiger partial charge in [-0.2, -0.15) is 0 Å². The molecule has 0 saturated heterocycles. The number of carbonyl (C=O) groups excluding carboxylic acids is 1. The highest BCUT2D eigenvalue weighted by Gasteiger charge is 2.25. The summed E-state index contributed by atoms with van der Waals surface area (Å²) in [6, 6.07) is 7.96. The molecule has 1 heterocycles. The first-order chi connectivity index (χ1) is 9.34. The van der Waals surface area contributed by atoms with Gasteiger partial charge in [-0.05, 0) is 26.0 Å². The molecule has 0 bridgehead atoms. The number of amides is 1. The van der Waals surface area contributed by atoms with Gasteiger partial charge in [-0.1, -0.05) is 32.9 Å². The summed E-state index contributed by atoms with van der Waals surface area (Å²) in [5.41, 5.74) is 1.69. The summed E-state index contributed by atoms with van der Waals surface area (Å²) in [5, 5.41) is 3.05. The van der Waals surface area contributed by atoms with Crippen molar-refractivity contribution >= 4 is 16.9 Å². The molecule has 108 valence electrons. The Morgan fingerprint density at radius 2 is 2.00 bits per heavy atom. The molecule has 0 saturated carbocycles. The third kappa shape index (κ3) is 2.69. The molecule has 0 fully saturated rings. The number of hydrogen-bond acceptors (Lipinski definition) is 2. The number of nitrogens with one attached hydrogen (secondary N) is 1. The molecule has 4 nitrogen and oxygen atoms in total. The molecule has 0 spiro atoms. The number of aromatic nitrogens is 2. The summed E-state index contributed by atoms with van der Waals surface area (Å²) in [5.74, 6) is 0.950. The second-order valence-corrected chi connectivity index (χ2v) is 6.15. The third-order valence-electron chi connectivity index (χ3n) is 3.42. The first kappa shape index (κ1) is 14.6. The maximum Gasteiger partial charge on any atom is 0.225 e. The highest BCUT2D eigenvalue weighted by molar-refractivity contribution is 5.82. The molecular formula is C16H23N3O. The molecule has 0 aliphatic rings. The van der Waals surface area contributed by atoms with Crippen LogP contribution in [0.1, 0.15) is 46.5 Å². The lowest BCUT2D eigenvalue weighted by Gasteiger charge is -2.22. The number of para-hydroxylation sites is 2. The number of benzene rings is 1. The highest BCUT2D eigenvalue weighted by Crippen LogP contribution is 2.22. The van der Waals surface area contributed by atoms with Crippen molar-refractivity contribution in [2.24, 2.45) is 5.41 Å². The van der Waals surface area contributed by atoms with Gasteiger partial charge in [0.25, 0.3) is 0 Å². The van der Waals surface area contributed by atoms with Crippen molar-refractivity contribution in [3.63, 3.8) is 0 Å². The normalized spacial score (nSPS) is 13.4. The maximum absolute atomic E-state index is 12.1. The fourth-order valence-corrected chi connectivity index (χ4v) is 2.23. The van der Waals surface area contributed by atoms with Gasteiger partial charge in [0.2, 0.25) is 5.91 Å². The molecule has 1 atom stereocenters. The van der Waals surface area contributed by atoms with Crippen LogP contribution >= 0.6 is 0 Å². The standard InChI is InChI=1S/C16H23N3O/c1-6-19-13-10-8-7-9-12(13)18-14(19)11(2)17-15(20)16(3,4)5/h7-11H,6H2,1-5H3,(H,17,20)/t11-/m1/s1. The van der Waals surface area contributed by atoms with E-state index in [2.05, 4.69) is 27.9 Å². The van der Waals surface area contributed by atoms with Crippen LogP contribution in [0.5, 0.6) is 0 Å². The van der Waals surface area contributed by atoms with Crippen molar-refractivity contribution in [1.29, 1.82) is 0 Å². The van der Waals surface area contributed by atoms with E-state index in [1.165, 1.54) is 0 Å². The van der Waals surface area contributed by atoms with Crippen LogP contribution in [0.25, 0.3) is 11.0 Å². The molecular weight excluding hydrogens is 250 g/mol. The Labute approximate surface area is 120 Å². The number of fused-ring (bicyclic) bond motifs is 1. The van der Waals surface area contributed by atoms with E-state index in [0.29, 0.717) is 0 Å². The largest absolute Gasteiger partial charge is 0.346 e. The Morgan fingerprint density at radius 3 is 2.60 bits per heavy atom.